The quantitative estimate of drug-likeness (QED) is 0.744. The first kappa shape index (κ1) is 22.4. The number of alkyl halides is 3. The molecule has 11 heteroatoms. The molecule has 1 N–H and O–H groups in total. The first-order valence-corrected chi connectivity index (χ1v) is 10.8. The van der Waals surface area contributed by atoms with Crippen LogP contribution in [0.25, 0.3) is 0 Å². The molecule has 1 fully saturated rings. The highest BCUT2D eigenvalue weighted by atomic mass is 35.5. The minimum Gasteiger partial charge on any atom is -0.322 e. The number of anilines is 1. The van der Waals surface area contributed by atoms with E-state index in [1.54, 1.807) is 12.1 Å². The third-order valence-corrected chi connectivity index (χ3v) is 6.93. The van der Waals surface area contributed by atoms with Crippen LogP contribution in [0.3, 0.4) is 0 Å². The van der Waals surface area contributed by atoms with E-state index in [-0.39, 0.29) is 32.2 Å². The predicted octanol–water partition coefficient (Wildman–Crippen LogP) is 4.21. The molecule has 0 radical (unpaired) electrons. The summed E-state index contributed by atoms with van der Waals surface area (Å²) in [5.41, 5.74) is 0.450. The number of aryl methyl sites for hydroxylation is 1. The van der Waals surface area contributed by atoms with Gasteiger partial charge in [-0.2, -0.15) is 17.5 Å². The van der Waals surface area contributed by atoms with Gasteiger partial charge in [0.1, 0.15) is 0 Å². The second-order valence-electron chi connectivity index (χ2n) is 6.83. The van der Waals surface area contributed by atoms with Gasteiger partial charge in [-0.15, -0.1) is 0 Å². The minimum absolute atomic E-state index is 0.0341. The summed E-state index contributed by atoms with van der Waals surface area (Å²) in [5.74, 6) is 0. The largest absolute Gasteiger partial charge is 0.417 e. The summed E-state index contributed by atoms with van der Waals surface area (Å²) in [5, 5.41) is 2.16. The number of hydrogen-bond donors (Lipinski definition) is 1. The second kappa shape index (κ2) is 8.44. The van der Waals surface area contributed by atoms with Crippen molar-refractivity contribution in [1.29, 1.82) is 0 Å². The van der Waals surface area contributed by atoms with Gasteiger partial charge in [0.15, 0.2) is 0 Å². The molecule has 0 bridgehead atoms. The van der Waals surface area contributed by atoms with Crippen molar-refractivity contribution in [3.8, 4) is 0 Å². The molecule has 6 nitrogen and oxygen atoms in total. The SMILES string of the molecule is Cc1ccc(NC(=O)N2CCN(S(=O)(=O)c3ccc(Cl)c(C(F)(F)F)c3)CC2)cc1. The summed E-state index contributed by atoms with van der Waals surface area (Å²) in [6.45, 7) is 2.07. The van der Waals surface area contributed by atoms with Gasteiger partial charge >= 0.3 is 12.2 Å². The zero-order valence-electron chi connectivity index (χ0n) is 15.9. The fraction of sp³-hybridized carbons (Fsp3) is 0.316. The maximum atomic E-state index is 13.1. The van der Waals surface area contributed by atoms with E-state index < -0.39 is 31.7 Å². The Morgan fingerprint density at radius 2 is 1.63 bits per heavy atom. The summed E-state index contributed by atoms with van der Waals surface area (Å²) < 4.78 is 65.8. The Morgan fingerprint density at radius 1 is 1.03 bits per heavy atom. The van der Waals surface area contributed by atoms with Crippen LogP contribution in [-0.4, -0.2) is 49.8 Å². The smallest absolute Gasteiger partial charge is 0.322 e. The van der Waals surface area contributed by atoms with Gasteiger partial charge in [0, 0.05) is 31.9 Å². The molecule has 2 amide bonds. The van der Waals surface area contributed by atoms with Gasteiger partial charge in [-0.1, -0.05) is 29.3 Å². The highest BCUT2D eigenvalue weighted by Gasteiger charge is 2.36. The van der Waals surface area contributed by atoms with E-state index in [1.165, 1.54) is 4.90 Å². The Hall–Kier alpha value is -2.30. The molecule has 0 atom stereocenters. The van der Waals surface area contributed by atoms with E-state index in [2.05, 4.69) is 5.32 Å². The topological polar surface area (TPSA) is 69.7 Å². The Balaban J connectivity index is 1.68. The molecule has 1 aliphatic rings. The number of nitrogens with one attached hydrogen (secondary N) is 1. The summed E-state index contributed by atoms with van der Waals surface area (Å²) in [4.78, 5) is 13.3. The summed E-state index contributed by atoms with van der Waals surface area (Å²) >= 11 is 5.57. The van der Waals surface area contributed by atoms with Gasteiger partial charge in [-0.3, -0.25) is 0 Å². The highest BCUT2D eigenvalue weighted by molar-refractivity contribution is 7.89. The molecule has 2 aromatic rings. The Morgan fingerprint density at radius 3 is 2.20 bits per heavy atom. The van der Waals surface area contributed by atoms with Crippen LogP contribution in [0.1, 0.15) is 11.1 Å². The Bertz CT molecular complexity index is 1040. The molecule has 0 aromatic heterocycles. The number of piperazine rings is 1. The molecule has 1 heterocycles. The van der Waals surface area contributed by atoms with Crippen molar-refractivity contribution in [2.24, 2.45) is 0 Å². The van der Waals surface area contributed by atoms with Gasteiger partial charge in [-0.25, -0.2) is 13.2 Å². The van der Waals surface area contributed by atoms with Crippen molar-refractivity contribution < 1.29 is 26.4 Å². The van der Waals surface area contributed by atoms with Gasteiger partial charge < -0.3 is 10.2 Å². The number of amides is 2. The summed E-state index contributed by atoms with van der Waals surface area (Å²) in [6, 6.07) is 9.34. The molecule has 30 heavy (non-hydrogen) atoms. The van der Waals surface area contributed by atoms with E-state index in [1.807, 2.05) is 19.1 Å². The molecule has 0 spiro atoms. The first-order valence-electron chi connectivity index (χ1n) is 8.98. The van der Waals surface area contributed by atoms with E-state index in [0.29, 0.717) is 11.8 Å². The minimum atomic E-state index is -4.77. The first-order chi connectivity index (χ1) is 14.0. The maximum absolute atomic E-state index is 13.1. The molecule has 162 valence electrons. The number of carbonyl (C=O) groups is 1. The average molecular weight is 462 g/mol. The van der Waals surface area contributed by atoms with Crippen LogP contribution in [0.15, 0.2) is 47.4 Å². The number of rotatable bonds is 3. The zero-order chi connectivity index (χ0) is 22.1. The molecule has 0 aliphatic carbocycles. The molecule has 0 unspecified atom stereocenters. The number of hydrogen-bond acceptors (Lipinski definition) is 3. The van der Waals surface area contributed by atoms with Crippen LogP contribution in [-0.2, 0) is 16.2 Å². The second-order valence-corrected chi connectivity index (χ2v) is 9.17. The molecule has 1 aliphatic heterocycles. The van der Waals surface area contributed by atoms with Crippen LogP contribution >= 0.6 is 11.6 Å². The van der Waals surface area contributed by atoms with Gasteiger partial charge in [0.05, 0.1) is 15.5 Å². The number of benzene rings is 2. The lowest BCUT2D eigenvalue weighted by atomic mass is 10.2. The maximum Gasteiger partial charge on any atom is 0.417 e. The average Bonchev–Trinajstić information content (AvgIpc) is 2.69. The van der Waals surface area contributed by atoms with Gasteiger partial charge in [0.2, 0.25) is 10.0 Å². The molecule has 0 saturated carbocycles. The summed E-state index contributed by atoms with van der Waals surface area (Å²) in [7, 11) is -4.16. The van der Waals surface area contributed by atoms with Crippen molar-refractivity contribution in [3.05, 3.63) is 58.6 Å². The van der Waals surface area contributed by atoms with E-state index in [9.17, 15) is 26.4 Å². The van der Waals surface area contributed by atoms with Crippen molar-refractivity contribution >= 4 is 33.3 Å². The molecular formula is C19H19ClF3N3O3S. The Kier molecular flexibility index (Phi) is 6.30. The highest BCUT2D eigenvalue weighted by Crippen LogP contribution is 2.36. The number of carbonyl (C=O) groups excluding carboxylic acids is 1. The van der Waals surface area contributed by atoms with Crippen molar-refractivity contribution in [2.45, 2.75) is 18.0 Å². The third-order valence-electron chi connectivity index (χ3n) is 4.71. The fourth-order valence-corrected chi connectivity index (χ4v) is 4.68. The standard InChI is InChI=1S/C19H19ClF3N3O3S/c1-13-2-4-14(5-3-13)24-18(27)25-8-10-26(11-9-25)30(28,29)15-6-7-17(20)16(12-15)19(21,22)23/h2-7,12H,8-11H2,1H3,(H,24,27). The lowest BCUT2D eigenvalue weighted by molar-refractivity contribution is -0.137. The molecular weight excluding hydrogens is 443 g/mol. The van der Waals surface area contributed by atoms with Crippen molar-refractivity contribution in [2.75, 3.05) is 31.5 Å². The fourth-order valence-electron chi connectivity index (χ4n) is 3.00. The predicted molar refractivity (Wildman–Crippen MR) is 107 cm³/mol. The van der Waals surface area contributed by atoms with Crippen molar-refractivity contribution in [3.63, 3.8) is 0 Å². The number of nitrogens with zero attached hydrogens (tertiary/aromatic N) is 2. The van der Waals surface area contributed by atoms with Crippen LogP contribution < -0.4 is 5.32 Å². The summed E-state index contributed by atoms with van der Waals surface area (Å²) in [6.07, 6.45) is -4.77. The van der Waals surface area contributed by atoms with Gasteiger partial charge in [-0.05, 0) is 37.3 Å². The van der Waals surface area contributed by atoms with E-state index in [4.69, 9.17) is 11.6 Å². The lowest BCUT2D eigenvalue weighted by Crippen LogP contribution is -2.51. The van der Waals surface area contributed by atoms with Crippen LogP contribution in [0, 0.1) is 6.92 Å². The normalized spacial score (nSPS) is 15.8. The van der Waals surface area contributed by atoms with E-state index in [0.717, 1.165) is 22.0 Å². The molecule has 1 saturated heterocycles. The van der Waals surface area contributed by atoms with Crippen LogP contribution in [0.4, 0.5) is 23.7 Å². The van der Waals surface area contributed by atoms with Crippen LogP contribution in [0.5, 0.6) is 0 Å². The van der Waals surface area contributed by atoms with E-state index >= 15 is 0 Å². The monoisotopic (exact) mass is 461 g/mol. The van der Waals surface area contributed by atoms with Crippen LogP contribution in [0.2, 0.25) is 5.02 Å². The zero-order valence-corrected chi connectivity index (χ0v) is 17.5. The molecule has 3 rings (SSSR count). The molecule has 2 aromatic carbocycles. The number of sulfonamides is 1. The van der Waals surface area contributed by atoms with Gasteiger partial charge in [0.25, 0.3) is 0 Å². The Labute approximate surface area is 177 Å². The number of halogens is 4. The number of urea groups is 1. The van der Waals surface area contributed by atoms with Crippen molar-refractivity contribution in [1.82, 2.24) is 9.21 Å². The third kappa shape index (κ3) is 4.88. The lowest BCUT2D eigenvalue weighted by Gasteiger charge is -2.34.